The Kier molecular flexibility index (Phi) is 7.34. The van der Waals surface area contributed by atoms with Gasteiger partial charge in [-0.1, -0.05) is 23.3 Å². The highest BCUT2D eigenvalue weighted by Crippen LogP contribution is 2.12. The summed E-state index contributed by atoms with van der Waals surface area (Å²) >= 11 is 0. The van der Waals surface area contributed by atoms with Crippen molar-refractivity contribution in [2.75, 3.05) is 0 Å². The van der Waals surface area contributed by atoms with Crippen molar-refractivity contribution in [3.05, 3.63) is 71.6 Å². The average molecular weight is 326 g/mol. The molecule has 2 aromatic rings. The molecule has 0 amide bonds. The van der Waals surface area contributed by atoms with Gasteiger partial charge in [-0.3, -0.25) is 4.79 Å². The molecular formula is C21H26O3. The molecule has 3 nitrogen and oxygen atoms in total. The van der Waals surface area contributed by atoms with Gasteiger partial charge in [0.1, 0.15) is 5.78 Å². The standard InChI is InChI=1S/C21H26O3/c1-17(5-3-7-19-9-11-23-15-19)13-21(22)14-18(2)6-4-8-20-10-12-24-16-20/h5-6,9-12,15-16H,3-4,7-8,13-14H2,1-2H3. The molecule has 0 aliphatic heterocycles. The Morgan fingerprint density at radius 1 is 0.875 bits per heavy atom. The first kappa shape index (κ1) is 18.1. The molecule has 0 aromatic carbocycles. The molecule has 0 bridgehead atoms. The molecule has 0 spiro atoms. The fourth-order valence-corrected chi connectivity index (χ4v) is 2.67. The number of rotatable bonds is 10. The number of carbonyl (C=O) groups is 1. The van der Waals surface area contributed by atoms with Crippen LogP contribution in [-0.4, -0.2) is 5.78 Å². The molecule has 0 aliphatic rings. The number of hydrogen-bond acceptors (Lipinski definition) is 3. The first-order valence-electron chi connectivity index (χ1n) is 8.48. The van der Waals surface area contributed by atoms with Crippen molar-refractivity contribution >= 4 is 5.78 Å². The number of hydrogen-bond donors (Lipinski definition) is 0. The largest absolute Gasteiger partial charge is 0.472 e. The fourth-order valence-electron chi connectivity index (χ4n) is 2.67. The van der Waals surface area contributed by atoms with E-state index in [2.05, 4.69) is 12.2 Å². The van der Waals surface area contributed by atoms with Crippen LogP contribution in [0.5, 0.6) is 0 Å². The quantitative estimate of drug-likeness (QED) is 0.527. The van der Waals surface area contributed by atoms with Crippen molar-refractivity contribution in [2.45, 2.75) is 52.4 Å². The molecule has 0 unspecified atom stereocenters. The summed E-state index contributed by atoms with van der Waals surface area (Å²) in [5, 5.41) is 0. The van der Waals surface area contributed by atoms with Crippen molar-refractivity contribution in [3.8, 4) is 0 Å². The second-order valence-corrected chi connectivity index (χ2v) is 6.33. The predicted octanol–water partition coefficient (Wildman–Crippen LogP) is 5.68. The highest BCUT2D eigenvalue weighted by molar-refractivity contribution is 5.82. The number of ketones is 1. The van der Waals surface area contributed by atoms with Gasteiger partial charge in [0.05, 0.1) is 25.1 Å². The lowest BCUT2D eigenvalue weighted by Gasteiger charge is -2.03. The Bertz CT molecular complexity index is 600. The lowest BCUT2D eigenvalue weighted by Crippen LogP contribution is -1.99. The number of furan rings is 2. The molecule has 0 radical (unpaired) electrons. The molecule has 3 heteroatoms. The number of allylic oxidation sites excluding steroid dienone is 4. The molecular weight excluding hydrogens is 300 g/mol. The SMILES string of the molecule is CC(=CCCc1ccoc1)CC(=O)CC(C)=CCCc1ccoc1. The third-order valence-electron chi connectivity index (χ3n) is 3.96. The van der Waals surface area contributed by atoms with Gasteiger partial charge in [0.25, 0.3) is 0 Å². The van der Waals surface area contributed by atoms with Crippen LogP contribution in [0.15, 0.2) is 69.3 Å². The van der Waals surface area contributed by atoms with Gasteiger partial charge in [0.15, 0.2) is 0 Å². The van der Waals surface area contributed by atoms with Crippen LogP contribution in [-0.2, 0) is 17.6 Å². The monoisotopic (exact) mass is 326 g/mol. The number of aryl methyl sites for hydroxylation is 2. The lowest BCUT2D eigenvalue weighted by molar-refractivity contribution is -0.117. The van der Waals surface area contributed by atoms with E-state index in [0.29, 0.717) is 12.8 Å². The number of carbonyl (C=O) groups excluding carboxylic acids is 1. The van der Waals surface area contributed by atoms with Crippen LogP contribution in [0.4, 0.5) is 0 Å². The van der Waals surface area contributed by atoms with Gasteiger partial charge in [-0.25, -0.2) is 0 Å². The zero-order chi connectivity index (χ0) is 17.2. The Morgan fingerprint density at radius 2 is 1.33 bits per heavy atom. The van der Waals surface area contributed by atoms with Crippen LogP contribution in [0.2, 0.25) is 0 Å². The molecule has 128 valence electrons. The van der Waals surface area contributed by atoms with E-state index in [4.69, 9.17) is 8.83 Å². The maximum absolute atomic E-state index is 12.1. The van der Waals surface area contributed by atoms with Gasteiger partial charge in [-0.05, 0) is 62.8 Å². The van der Waals surface area contributed by atoms with E-state index in [9.17, 15) is 4.79 Å². The summed E-state index contributed by atoms with van der Waals surface area (Å²) in [7, 11) is 0. The third kappa shape index (κ3) is 6.86. The van der Waals surface area contributed by atoms with Gasteiger partial charge >= 0.3 is 0 Å². The fraction of sp³-hybridized carbons (Fsp3) is 0.381. The molecule has 0 saturated heterocycles. The topological polar surface area (TPSA) is 43.4 Å². The second kappa shape index (κ2) is 9.76. The summed E-state index contributed by atoms with van der Waals surface area (Å²) in [6, 6.07) is 3.96. The highest BCUT2D eigenvalue weighted by Gasteiger charge is 2.04. The van der Waals surface area contributed by atoms with Crippen LogP contribution >= 0.6 is 0 Å². The summed E-state index contributed by atoms with van der Waals surface area (Å²) in [4.78, 5) is 12.1. The van der Waals surface area contributed by atoms with Crippen LogP contribution in [0.3, 0.4) is 0 Å². The molecule has 2 aromatic heterocycles. The molecule has 0 fully saturated rings. The van der Waals surface area contributed by atoms with Gasteiger partial charge in [0, 0.05) is 12.8 Å². The van der Waals surface area contributed by atoms with Crippen LogP contribution in [0, 0.1) is 0 Å². The van der Waals surface area contributed by atoms with E-state index in [1.54, 1.807) is 25.1 Å². The van der Waals surface area contributed by atoms with E-state index < -0.39 is 0 Å². The molecule has 2 heterocycles. The summed E-state index contributed by atoms with van der Waals surface area (Å²) in [5.41, 5.74) is 4.69. The minimum atomic E-state index is 0.282. The van der Waals surface area contributed by atoms with Crippen LogP contribution < -0.4 is 0 Å². The van der Waals surface area contributed by atoms with Gasteiger partial charge in [-0.2, -0.15) is 0 Å². The maximum Gasteiger partial charge on any atom is 0.140 e. The Labute approximate surface area is 144 Å². The summed E-state index contributed by atoms with van der Waals surface area (Å²) in [5.74, 6) is 0.282. The zero-order valence-corrected chi connectivity index (χ0v) is 14.6. The summed E-state index contributed by atoms with van der Waals surface area (Å²) < 4.78 is 10.1. The van der Waals surface area contributed by atoms with Crippen molar-refractivity contribution in [2.24, 2.45) is 0 Å². The first-order chi connectivity index (χ1) is 11.6. The van der Waals surface area contributed by atoms with Gasteiger partial charge in [0.2, 0.25) is 0 Å². The zero-order valence-electron chi connectivity index (χ0n) is 14.6. The van der Waals surface area contributed by atoms with E-state index >= 15 is 0 Å². The molecule has 24 heavy (non-hydrogen) atoms. The van der Waals surface area contributed by atoms with E-state index in [0.717, 1.165) is 36.8 Å². The molecule has 0 N–H and O–H groups in total. The second-order valence-electron chi connectivity index (χ2n) is 6.33. The van der Waals surface area contributed by atoms with Crippen molar-refractivity contribution in [1.82, 2.24) is 0 Å². The van der Waals surface area contributed by atoms with E-state index in [1.807, 2.05) is 26.0 Å². The molecule has 0 atom stereocenters. The van der Waals surface area contributed by atoms with Gasteiger partial charge < -0.3 is 8.83 Å². The normalized spacial score (nSPS) is 12.6. The smallest absolute Gasteiger partial charge is 0.140 e. The summed E-state index contributed by atoms with van der Waals surface area (Å²) in [6.07, 6.45) is 16.1. The van der Waals surface area contributed by atoms with Crippen molar-refractivity contribution < 1.29 is 13.6 Å². The average Bonchev–Trinajstić information content (AvgIpc) is 3.20. The first-order valence-corrected chi connectivity index (χ1v) is 8.48. The minimum Gasteiger partial charge on any atom is -0.472 e. The van der Waals surface area contributed by atoms with Crippen LogP contribution in [0.1, 0.15) is 50.7 Å². The lowest BCUT2D eigenvalue weighted by atomic mass is 10.0. The number of Topliss-reactive ketones (excluding diaryl/α,β-unsaturated/α-hetero) is 1. The van der Waals surface area contributed by atoms with Crippen molar-refractivity contribution in [3.63, 3.8) is 0 Å². The Hall–Kier alpha value is -2.29. The predicted molar refractivity (Wildman–Crippen MR) is 95.8 cm³/mol. The summed E-state index contributed by atoms with van der Waals surface area (Å²) in [6.45, 7) is 4.07. The minimum absolute atomic E-state index is 0.282. The third-order valence-corrected chi connectivity index (χ3v) is 3.96. The van der Waals surface area contributed by atoms with Gasteiger partial charge in [-0.15, -0.1) is 0 Å². The Balaban J connectivity index is 1.66. The molecule has 0 saturated carbocycles. The highest BCUT2D eigenvalue weighted by atomic mass is 16.3. The Morgan fingerprint density at radius 3 is 1.71 bits per heavy atom. The molecule has 0 aliphatic carbocycles. The molecule has 2 rings (SSSR count). The van der Waals surface area contributed by atoms with Crippen LogP contribution in [0.25, 0.3) is 0 Å². The van der Waals surface area contributed by atoms with E-state index in [1.165, 1.54) is 11.1 Å². The maximum atomic E-state index is 12.1. The van der Waals surface area contributed by atoms with E-state index in [-0.39, 0.29) is 5.78 Å². The van der Waals surface area contributed by atoms with Crippen molar-refractivity contribution in [1.29, 1.82) is 0 Å².